The molecule has 1 aliphatic rings. The molecule has 0 bridgehead atoms. The summed E-state index contributed by atoms with van der Waals surface area (Å²) >= 11 is 1.82. The minimum Gasteiger partial charge on any atom is -0.348 e. The molecule has 0 atom stereocenters. The average molecular weight is 239 g/mol. The topological polar surface area (TPSA) is 28.2 Å². The predicted octanol–water partition coefficient (Wildman–Crippen LogP) is 2.63. The fourth-order valence-corrected chi connectivity index (χ4v) is 2.69. The highest BCUT2D eigenvalue weighted by Gasteiger charge is 2.16. The molecule has 0 aliphatic carbocycles. The Morgan fingerprint density at radius 3 is 2.69 bits per heavy atom. The maximum Gasteiger partial charge on any atom is 0.185 e. The van der Waals surface area contributed by atoms with Crippen LogP contribution in [0.1, 0.15) is 38.5 Å². The molecule has 90 valence electrons. The van der Waals surface area contributed by atoms with Crippen LogP contribution in [0.3, 0.4) is 0 Å². The third-order valence-electron chi connectivity index (χ3n) is 2.71. The predicted molar refractivity (Wildman–Crippen MR) is 70.2 cm³/mol. The second-order valence-electron chi connectivity index (χ2n) is 5.41. The van der Waals surface area contributed by atoms with Gasteiger partial charge in [0.05, 0.1) is 0 Å². The van der Waals surface area contributed by atoms with E-state index in [1.54, 1.807) is 0 Å². The first-order valence-corrected chi connectivity index (χ1v) is 6.81. The van der Waals surface area contributed by atoms with Crippen LogP contribution in [0.15, 0.2) is 6.20 Å². The lowest BCUT2D eigenvalue weighted by molar-refractivity contribution is 0.426. The van der Waals surface area contributed by atoms with Crippen LogP contribution in [-0.2, 0) is 6.54 Å². The van der Waals surface area contributed by atoms with Crippen molar-refractivity contribution in [1.82, 2.24) is 10.3 Å². The van der Waals surface area contributed by atoms with E-state index >= 15 is 0 Å². The smallest absolute Gasteiger partial charge is 0.185 e. The van der Waals surface area contributed by atoms with Crippen LogP contribution >= 0.6 is 11.3 Å². The molecule has 0 aromatic carbocycles. The number of anilines is 1. The van der Waals surface area contributed by atoms with E-state index < -0.39 is 0 Å². The summed E-state index contributed by atoms with van der Waals surface area (Å²) in [6.07, 6.45) is 4.64. The molecule has 0 amide bonds. The van der Waals surface area contributed by atoms with Crippen LogP contribution in [0.2, 0.25) is 0 Å². The number of nitrogens with zero attached hydrogens (tertiary/aromatic N) is 2. The maximum absolute atomic E-state index is 4.50. The third kappa shape index (κ3) is 3.19. The monoisotopic (exact) mass is 239 g/mol. The molecule has 16 heavy (non-hydrogen) atoms. The largest absolute Gasteiger partial charge is 0.348 e. The van der Waals surface area contributed by atoms with E-state index in [0.29, 0.717) is 0 Å². The van der Waals surface area contributed by atoms with Gasteiger partial charge < -0.3 is 10.2 Å². The quantitative estimate of drug-likeness (QED) is 0.879. The number of hydrogen-bond donors (Lipinski definition) is 1. The lowest BCUT2D eigenvalue weighted by Gasteiger charge is -2.19. The highest BCUT2D eigenvalue weighted by atomic mass is 32.1. The van der Waals surface area contributed by atoms with Crippen LogP contribution in [0.25, 0.3) is 0 Å². The zero-order valence-corrected chi connectivity index (χ0v) is 11.2. The molecule has 1 aliphatic heterocycles. The molecule has 2 rings (SSSR count). The van der Waals surface area contributed by atoms with Gasteiger partial charge in [-0.05, 0) is 33.6 Å². The molecule has 0 saturated carbocycles. The number of thiazole rings is 1. The second-order valence-corrected chi connectivity index (χ2v) is 6.50. The highest BCUT2D eigenvalue weighted by Crippen LogP contribution is 2.25. The maximum atomic E-state index is 4.50. The van der Waals surface area contributed by atoms with E-state index in [1.807, 2.05) is 17.5 Å². The van der Waals surface area contributed by atoms with Gasteiger partial charge in [0.2, 0.25) is 0 Å². The van der Waals surface area contributed by atoms with Gasteiger partial charge in [-0.3, -0.25) is 0 Å². The summed E-state index contributed by atoms with van der Waals surface area (Å²) in [7, 11) is 0. The molecule has 1 N–H and O–H groups in total. The second kappa shape index (κ2) is 4.72. The van der Waals surface area contributed by atoms with Crippen LogP contribution in [0, 0.1) is 0 Å². The van der Waals surface area contributed by atoms with E-state index in [0.717, 1.165) is 6.54 Å². The normalized spacial score (nSPS) is 17.1. The molecule has 4 heteroatoms. The number of rotatable bonds is 3. The molecule has 2 heterocycles. The van der Waals surface area contributed by atoms with Crippen LogP contribution in [0.4, 0.5) is 5.13 Å². The Morgan fingerprint density at radius 2 is 2.06 bits per heavy atom. The first-order valence-electron chi connectivity index (χ1n) is 5.99. The first kappa shape index (κ1) is 11.9. The summed E-state index contributed by atoms with van der Waals surface area (Å²) < 4.78 is 0. The molecule has 0 unspecified atom stereocenters. The number of nitrogens with one attached hydrogen (secondary N) is 1. The van der Waals surface area contributed by atoms with E-state index in [-0.39, 0.29) is 5.54 Å². The third-order valence-corrected chi connectivity index (χ3v) is 3.77. The van der Waals surface area contributed by atoms with E-state index in [2.05, 4.69) is 36.0 Å². The fourth-order valence-electron chi connectivity index (χ4n) is 1.79. The van der Waals surface area contributed by atoms with Crippen molar-refractivity contribution < 1.29 is 0 Å². The molecule has 0 radical (unpaired) electrons. The lowest BCUT2D eigenvalue weighted by Crippen LogP contribution is -2.34. The minimum atomic E-state index is 0.178. The summed E-state index contributed by atoms with van der Waals surface area (Å²) in [5.41, 5.74) is 0.178. The van der Waals surface area contributed by atoms with Gasteiger partial charge in [0.25, 0.3) is 0 Å². The fraction of sp³-hybridized carbons (Fsp3) is 0.750. The van der Waals surface area contributed by atoms with Crippen LogP contribution in [0.5, 0.6) is 0 Å². The number of hydrogen-bond acceptors (Lipinski definition) is 4. The van der Waals surface area contributed by atoms with Gasteiger partial charge in [-0.15, -0.1) is 11.3 Å². The van der Waals surface area contributed by atoms with Crippen molar-refractivity contribution >= 4 is 16.5 Å². The molecule has 1 aromatic heterocycles. The molecule has 1 fully saturated rings. The van der Waals surface area contributed by atoms with Crippen molar-refractivity contribution in [1.29, 1.82) is 0 Å². The van der Waals surface area contributed by atoms with Crippen molar-refractivity contribution in [2.45, 2.75) is 45.7 Å². The van der Waals surface area contributed by atoms with Crippen LogP contribution in [-0.4, -0.2) is 23.6 Å². The zero-order chi connectivity index (χ0) is 11.6. The van der Waals surface area contributed by atoms with Crippen molar-refractivity contribution in [3.8, 4) is 0 Å². The lowest BCUT2D eigenvalue weighted by atomic mass is 10.1. The van der Waals surface area contributed by atoms with E-state index in [4.69, 9.17) is 0 Å². The summed E-state index contributed by atoms with van der Waals surface area (Å²) in [6, 6.07) is 0. The highest BCUT2D eigenvalue weighted by molar-refractivity contribution is 7.15. The number of aromatic nitrogens is 1. The summed E-state index contributed by atoms with van der Waals surface area (Å²) in [5, 5.41) is 4.69. The van der Waals surface area contributed by atoms with Gasteiger partial charge in [0, 0.05) is 36.2 Å². The van der Waals surface area contributed by atoms with Gasteiger partial charge in [0.1, 0.15) is 0 Å². The standard InChI is InChI=1S/C12H21N3S/c1-12(2,3)14-9-10-8-13-11(16-10)15-6-4-5-7-15/h8,14H,4-7,9H2,1-3H3. The van der Waals surface area contributed by atoms with Crippen molar-refractivity contribution in [2.24, 2.45) is 0 Å². The van der Waals surface area contributed by atoms with Gasteiger partial charge in [0.15, 0.2) is 5.13 Å². The zero-order valence-electron chi connectivity index (χ0n) is 10.4. The Balaban J connectivity index is 1.91. The Hall–Kier alpha value is -0.610. The Labute approximate surface area is 102 Å². The van der Waals surface area contributed by atoms with Gasteiger partial charge >= 0.3 is 0 Å². The summed E-state index contributed by atoms with van der Waals surface area (Å²) in [6.45, 7) is 9.86. The van der Waals surface area contributed by atoms with Gasteiger partial charge in [-0.1, -0.05) is 0 Å². The molecular formula is C12H21N3S. The molecule has 3 nitrogen and oxygen atoms in total. The van der Waals surface area contributed by atoms with Crippen LogP contribution < -0.4 is 10.2 Å². The van der Waals surface area contributed by atoms with Gasteiger partial charge in [-0.25, -0.2) is 4.98 Å². The Kier molecular flexibility index (Phi) is 3.50. The van der Waals surface area contributed by atoms with E-state index in [9.17, 15) is 0 Å². The average Bonchev–Trinajstić information content (AvgIpc) is 2.84. The SMILES string of the molecule is CC(C)(C)NCc1cnc(N2CCCC2)s1. The first-order chi connectivity index (χ1) is 7.54. The van der Waals surface area contributed by atoms with Gasteiger partial charge in [-0.2, -0.15) is 0 Å². The molecule has 0 spiro atoms. The summed E-state index contributed by atoms with van der Waals surface area (Å²) in [4.78, 5) is 8.23. The Morgan fingerprint density at radius 1 is 1.38 bits per heavy atom. The van der Waals surface area contributed by atoms with Crippen molar-refractivity contribution in [2.75, 3.05) is 18.0 Å². The van der Waals surface area contributed by atoms with Crippen molar-refractivity contribution in [3.63, 3.8) is 0 Å². The minimum absolute atomic E-state index is 0.178. The Bertz CT molecular complexity index is 334. The summed E-state index contributed by atoms with van der Waals surface area (Å²) in [5.74, 6) is 0. The molecule has 1 aromatic rings. The molecular weight excluding hydrogens is 218 g/mol. The molecule has 1 saturated heterocycles. The van der Waals surface area contributed by atoms with Crippen molar-refractivity contribution in [3.05, 3.63) is 11.1 Å². The van der Waals surface area contributed by atoms with E-state index in [1.165, 1.54) is 35.9 Å².